The summed E-state index contributed by atoms with van der Waals surface area (Å²) in [7, 11) is 0. The van der Waals surface area contributed by atoms with Crippen molar-refractivity contribution < 1.29 is 4.79 Å². The quantitative estimate of drug-likeness (QED) is 0.756. The van der Waals surface area contributed by atoms with Crippen LogP contribution in [0.25, 0.3) is 0 Å². The predicted molar refractivity (Wildman–Crippen MR) is 64.9 cm³/mol. The number of hydrogen-bond donors (Lipinski definition) is 0. The second-order valence-electron chi connectivity index (χ2n) is 3.47. The Balaban J connectivity index is 2.17. The first-order valence-corrected chi connectivity index (χ1v) is 5.75. The minimum Gasteiger partial charge on any atom is -0.298 e. The normalized spacial score (nSPS) is 10.1. The molecular weight excluding hydrogens is 218 g/mol. The fourth-order valence-corrected chi connectivity index (χ4v) is 2.20. The van der Waals surface area contributed by atoms with E-state index in [0.717, 1.165) is 16.2 Å². The monoisotopic (exact) mass is 229 g/mol. The van der Waals surface area contributed by atoms with Crippen LogP contribution in [0.5, 0.6) is 0 Å². The highest BCUT2D eigenvalue weighted by Gasteiger charge is 1.99. The largest absolute Gasteiger partial charge is 0.298 e. The molecule has 2 nitrogen and oxygen atoms in total. The molecule has 0 atom stereocenters. The zero-order valence-corrected chi connectivity index (χ0v) is 9.70. The molecule has 0 aliphatic carbocycles. The topological polar surface area (TPSA) is 30.0 Å². The van der Waals surface area contributed by atoms with Gasteiger partial charge in [0.2, 0.25) is 0 Å². The van der Waals surface area contributed by atoms with Crippen molar-refractivity contribution in [1.29, 1.82) is 0 Å². The van der Waals surface area contributed by atoms with Crippen LogP contribution < -0.4 is 0 Å². The van der Waals surface area contributed by atoms with Crippen LogP contribution >= 0.6 is 11.8 Å². The Morgan fingerprint density at radius 1 is 1.25 bits per heavy atom. The minimum atomic E-state index is 0.605. The van der Waals surface area contributed by atoms with E-state index in [-0.39, 0.29) is 0 Å². The van der Waals surface area contributed by atoms with Gasteiger partial charge in [-0.2, -0.15) is 0 Å². The summed E-state index contributed by atoms with van der Waals surface area (Å²) < 4.78 is 0. The van der Waals surface area contributed by atoms with E-state index in [4.69, 9.17) is 0 Å². The van der Waals surface area contributed by atoms with Crippen LogP contribution in [0.4, 0.5) is 0 Å². The average Bonchev–Trinajstić information content (AvgIpc) is 2.30. The maximum Gasteiger partial charge on any atom is 0.151 e. The first-order valence-electron chi connectivity index (χ1n) is 4.94. The highest BCUT2D eigenvalue weighted by Crippen LogP contribution is 2.26. The third-order valence-electron chi connectivity index (χ3n) is 2.11. The smallest absolute Gasteiger partial charge is 0.151 e. The predicted octanol–water partition coefficient (Wildman–Crippen LogP) is 3.35. The zero-order valence-electron chi connectivity index (χ0n) is 8.88. The minimum absolute atomic E-state index is 0.605. The van der Waals surface area contributed by atoms with Crippen LogP contribution in [0.2, 0.25) is 0 Å². The second-order valence-corrected chi connectivity index (χ2v) is 4.56. The Kier molecular flexibility index (Phi) is 3.37. The van der Waals surface area contributed by atoms with E-state index in [9.17, 15) is 4.79 Å². The van der Waals surface area contributed by atoms with E-state index in [1.807, 2.05) is 18.2 Å². The Bertz CT molecular complexity index is 494. The maximum absolute atomic E-state index is 10.5. The SMILES string of the molecule is Cc1cccc(Sc2ccc(C=O)cn2)c1. The van der Waals surface area contributed by atoms with Gasteiger partial charge in [0, 0.05) is 16.7 Å². The van der Waals surface area contributed by atoms with Crippen LogP contribution in [0.1, 0.15) is 15.9 Å². The van der Waals surface area contributed by atoms with E-state index >= 15 is 0 Å². The van der Waals surface area contributed by atoms with E-state index < -0.39 is 0 Å². The molecule has 0 radical (unpaired) electrons. The maximum atomic E-state index is 10.5. The van der Waals surface area contributed by atoms with Gasteiger partial charge < -0.3 is 0 Å². The standard InChI is InChI=1S/C13H11NOS/c1-10-3-2-4-12(7-10)16-13-6-5-11(9-15)8-14-13/h2-9H,1H3. The van der Waals surface area contributed by atoms with Crippen molar-refractivity contribution in [2.75, 3.05) is 0 Å². The van der Waals surface area contributed by atoms with Gasteiger partial charge in [-0.3, -0.25) is 4.79 Å². The molecular formula is C13H11NOS. The highest BCUT2D eigenvalue weighted by molar-refractivity contribution is 7.99. The van der Waals surface area contributed by atoms with Crippen molar-refractivity contribution >= 4 is 18.0 Å². The summed E-state index contributed by atoms with van der Waals surface area (Å²) in [5.41, 5.74) is 1.84. The number of nitrogens with zero attached hydrogens (tertiary/aromatic N) is 1. The number of hydrogen-bond acceptors (Lipinski definition) is 3. The molecule has 0 unspecified atom stereocenters. The number of pyridine rings is 1. The molecule has 0 saturated carbocycles. The fraction of sp³-hybridized carbons (Fsp3) is 0.0769. The molecule has 2 rings (SSSR count). The third kappa shape index (κ3) is 2.70. The second kappa shape index (κ2) is 4.94. The van der Waals surface area contributed by atoms with Crippen molar-refractivity contribution in [2.24, 2.45) is 0 Å². The van der Waals surface area contributed by atoms with Crippen LogP contribution in [0.3, 0.4) is 0 Å². The zero-order chi connectivity index (χ0) is 11.4. The molecule has 0 aliphatic heterocycles. The number of aryl methyl sites for hydroxylation is 1. The van der Waals surface area contributed by atoms with Crippen LogP contribution in [0, 0.1) is 6.92 Å². The molecule has 2 aromatic rings. The molecule has 0 saturated heterocycles. The van der Waals surface area contributed by atoms with Crippen molar-refractivity contribution in [3.8, 4) is 0 Å². The van der Waals surface area contributed by atoms with Gasteiger partial charge in [-0.1, -0.05) is 29.5 Å². The fourth-order valence-electron chi connectivity index (χ4n) is 1.32. The lowest BCUT2D eigenvalue weighted by atomic mass is 10.2. The number of benzene rings is 1. The van der Waals surface area contributed by atoms with Crippen LogP contribution in [0.15, 0.2) is 52.5 Å². The number of carbonyl (C=O) groups excluding carboxylic acids is 1. The molecule has 1 aromatic carbocycles. The lowest BCUT2D eigenvalue weighted by molar-refractivity contribution is 0.112. The molecule has 16 heavy (non-hydrogen) atoms. The van der Waals surface area contributed by atoms with Gasteiger partial charge in [0.25, 0.3) is 0 Å². The summed E-state index contributed by atoms with van der Waals surface area (Å²) in [5, 5.41) is 0.899. The summed E-state index contributed by atoms with van der Waals surface area (Å²) >= 11 is 1.59. The van der Waals surface area contributed by atoms with E-state index in [1.54, 1.807) is 24.0 Å². The summed E-state index contributed by atoms with van der Waals surface area (Å²) in [6.07, 6.45) is 2.39. The van der Waals surface area contributed by atoms with Gasteiger partial charge in [-0.15, -0.1) is 0 Å². The molecule has 0 amide bonds. The van der Waals surface area contributed by atoms with Gasteiger partial charge in [-0.25, -0.2) is 4.98 Å². The lowest BCUT2D eigenvalue weighted by Crippen LogP contribution is -1.84. The third-order valence-corrected chi connectivity index (χ3v) is 3.05. The highest BCUT2D eigenvalue weighted by atomic mass is 32.2. The van der Waals surface area contributed by atoms with Gasteiger partial charge in [-0.05, 0) is 31.2 Å². The number of aldehydes is 1. The molecule has 0 bridgehead atoms. The molecule has 3 heteroatoms. The lowest BCUT2D eigenvalue weighted by Gasteiger charge is -2.01. The van der Waals surface area contributed by atoms with Crippen molar-refractivity contribution in [1.82, 2.24) is 4.98 Å². The first-order chi connectivity index (χ1) is 7.78. The molecule has 0 spiro atoms. The average molecular weight is 229 g/mol. The number of rotatable bonds is 3. The Morgan fingerprint density at radius 2 is 2.12 bits per heavy atom. The van der Waals surface area contributed by atoms with Gasteiger partial charge >= 0.3 is 0 Å². The molecule has 1 heterocycles. The van der Waals surface area contributed by atoms with Crippen molar-refractivity contribution in [3.63, 3.8) is 0 Å². The Labute approximate surface area is 98.7 Å². The summed E-state index contributed by atoms with van der Waals surface area (Å²) in [6.45, 7) is 2.06. The van der Waals surface area contributed by atoms with Gasteiger partial charge in [0.1, 0.15) is 5.03 Å². The van der Waals surface area contributed by atoms with Gasteiger partial charge in [0.05, 0.1) is 0 Å². The molecule has 1 aromatic heterocycles. The van der Waals surface area contributed by atoms with Crippen molar-refractivity contribution in [2.45, 2.75) is 16.8 Å². The number of carbonyl (C=O) groups is 1. The van der Waals surface area contributed by atoms with E-state index in [1.165, 1.54) is 5.56 Å². The van der Waals surface area contributed by atoms with Crippen molar-refractivity contribution in [3.05, 3.63) is 53.7 Å². The molecule has 0 N–H and O–H groups in total. The summed E-state index contributed by atoms with van der Waals surface area (Å²) in [5.74, 6) is 0. The Hall–Kier alpha value is -1.61. The Morgan fingerprint density at radius 3 is 2.75 bits per heavy atom. The summed E-state index contributed by atoms with van der Waals surface area (Å²) in [4.78, 5) is 15.8. The van der Waals surface area contributed by atoms with E-state index in [0.29, 0.717) is 5.56 Å². The molecule has 0 aliphatic rings. The van der Waals surface area contributed by atoms with Gasteiger partial charge in [0.15, 0.2) is 6.29 Å². The number of aromatic nitrogens is 1. The molecule has 0 fully saturated rings. The summed E-state index contributed by atoms with van der Waals surface area (Å²) in [6, 6.07) is 11.9. The van der Waals surface area contributed by atoms with Crippen LogP contribution in [-0.4, -0.2) is 11.3 Å². The molecule has 80 valence electrons. The van der Waals surface area contributed by atoms with Crippen LogP contribution in [-0.2, 0) is 0 Å². The van der Waals surface area contributed by atoms with E-state index in [2.05, 4.69) is 24.0 Å². The first kappa shape index (κ1) is 10.9.